The van der Waals surface area contributed by atoms with Crippen molar-refractivity contribution in [3.05, 3.63) is 56.5 Å². The van der Waals surface area contributed by atoms with Gasteiger partial charge in [-0.1, -0.05) is 31.5 Å². The number of piperidine rings is 1. The van der Waals surface area contributed by atoms with E-state index in [2.05, 4.69) is 41.9 Å². The van der Waals surface area contributed by atoms with Gasteiger partial charge in [-0.15, -0.1) is 0 Å². The van der Waals surface area contributed by atoms with Crippen LogP contribution in [-0.4, -0.2) is 46.8 Å². The average Bonchev–Trinajstić information content (AvgIpc) is 3.13. The van der Waals surface area contributed by atoms with Gasteiger partial charge in [-0.2, -0.15) is 0 Å². The fourth-order valence-corrected chi connectivity index (χ4v) is 5.60. The molecule has 2 aliphatic rings. The van der Waals surface area contributed by atoms with E-state index in [9.17, 15) is 4.79 Å². The quantitative estimate of drug-likeness (QED) is 0.590. The Hall–Kier alpha value is -2.08. The molecule has 1 N–H and O–H groups in total. The number of rotatable bonds is 4. The van der Waals surface area contributed by atoms with E-state index < -0.39 is 0 Å². The van der Waals surface area contributed by atoms with Crippen molar-refractivity contribution in [1.82, 2.24) is 14.5 Å². The number of hydrogen-bond donors (Lipinski definition) is 1. The largest absolute Gasteiger partial charge is 0.378 e. The number of H-pyrrole nitrogens is 1. The van der Waals surface area contributed by atoms with Crippen LogP contribution in [0.5, 0.6) is 0 Å². The first-order chi connectivity index (χ1) is 15.3. The molecule has 0 unspecified atom stereocenters. The second-order valence-corrected chi connectivity index (χ2v) is 10.2. The van der Waals surface area contributed by atoms with Crippen molar-refractivity contribution in [2.45, 2.75) is 51.5 Å². The van der Waals surface area contributed by atoms with E-state index >= 15 is 0 Å². The van der Waals surface area contributed by atoms with Gasteiger partial charge in [-0.3, -0.25) is 9.69 Å². The van der Waals surface area contributed by atoms with Gasteiger partial charge >= 0.3 is 0 Å². The van der Waals surface area contributed by atoms with Gasteiger partial charge in [-0.25, -0.2) is 0 Å². The first kappa shape index (κ1) is 21.7. The van der Waals surface area contributed by atoms with Crippen LogP contribution in [0.3, 0.4) is 0 Å². The molecule has 4 heterocycles. The predicted octanol–water partition coefficient (Wildman–Crippen LogP) is 5.20. The van der Waals surface area contributed by atoms with Crippen molar-refractivity contribution in [3.63, 3.8) is 0 Å². The van der Waals surface area contributed by atoms with Crippen molar-refractivity contribution in [2.75, 3.05) is 26.3 Å². The number of nitrogens with one attached hydrogen (secondary N) is 1. The Morgan fingerprint density at radius 1 is 1.19 bits per heavy atom. The summed E-state index contributed by atoms with van der Waals surface area (Å²) in [6, 6.07) is 7.55. The minimum Gasteiger partial charge on any atom is -0.378 e. The van der Waals surface area contributed by atoms with E-state index in [1.54, 1.807) is 11.6 Å². The molecule has 5 nitrogen and oxygen atoms in total. The first-order valence-corrected chi connectivity index (χ1v) is 12.1. The molecule has 2 fully saturated rings. The molecule has 2 aliphatic heterocycles. The molecule has 6 heteroatoms. The molecule has 0 atom stereocenters. The normalized spacial score (nSPS) is 18.6. The van der Waals surface area contributed by atoms with Gasteiger partial charge in [0, 0.05) is 29.7 Å². The summed E-state index contributed by atoms with van der Waals surface area (Å²) in [5.41, 5.74) is 6.61. The van der Waals surface area contributed by atoms with Gasteiger partial charge in [0.05, 0.1) is 24.9 Å². The lowest BCUT2D eigenvalue weighted by Crippen LogP contribution is -2.51. The van der Waals surface area contributed by atoms with Crippen LogP contribution in [0.25, 0.3) is 22.2 Å². The van der Waals surface area contributed by atoms with E-state index in [4.69, 9.17) is 16.3 Å². The summed E-state index contributed by atoms with van der Waals surface area (Å²) < 4.78 is 6.96. The number of nitrogens with zero attached hydrogens (tertiary/aromatic N) is 2. The van der Waals surface area contributed by atoms with E-state index in [1.165, 1.54) is 29.4 Å². The number of aromatic amines is 1. The molecule has 3 aromatic rings. The van der Waals surface area contributed by atoms with E-state index in [-0.39, 0.29) is 5.56 Å². The van der Waals surface area contributed by atoms with Crippen molar-refractivity contribution >= 4 is 22.5 Å². The van der Waals surface area contributed by atoms with Crippen LogP contribution >= 0.6 is 11.6 Å². The smallest absolute Gasteiger partial charge is 0.269 e. The van der Waals surface area contributed by atoms with E-state index in [0.717, 1.165) is 48.6 Å². The molecule has 0 aliphatic carbocycles. The number of likely N-dealkylation sites (tertiary alicyclic amines) is 1. The fourth-order valence-electron chi connectivity index (χ4n) is 5.36. The average molecular weight is 454 g/mol. The Bertz CT molecular complexity index is 1210. The molecule has 0 spiro atoms. The number of ether oxygens (including phenoxy) is 1. The maximum Gasteiger partial charge on any atom is 0.269 e. The Labute approximate surface area is 194 Å². The van der Waals surface area contributed by atoms with E-state index in [1.807, 2.05) is 13.1 Å². The van der Waals surface area contributed by atoms with Crippen molar-refractivity contribution < 1.29 is 4.74 Å². The standard InChI is InChI=1S/C26H32ClN3O2/c1-15(2)23-20-11-18(17-7-9-30(10-8-17)19-13-32-14-19)5-6-22(20)28-25(23)21-12-29(4)26(31)24(27)16(21)3/h5-6,11-12,15,17,19,28H,7-10,13-14H2,1-4H3. The Morgan fingerprint density at radius 3 is 2.53 bits per heavy atom. The summed E-state index contributed by atoms with van der Waals surface area (Å²) in [5.74, 6) is 0.939. The lowest BCUT2D eigenvalue weighted by molar-refractivity contribution is -0.0712. The van der Waals surface area contributed by atoms with Gasteiger partial charge in [0.25, 0.3) is 5.56 Å². The van der Waals surface area contributed by atoms with Crippen molar-refractivity contribution in [1.29, 1.82) is 0 Å². The monoisotopic (exact) mass is 453 g/mol. The SMILES string of the molecule is Cc1c(-c2[nH]c3ccc(C4CCN(C5COC5)CC4)cc3c2C(C)C)cn(C)c(=O)c1Cl. The highest BCUT2D eigenvalue weighted by atomic mass is 35.5. The van der Waals surface area contributed by atoms with Crippen molar-refractivity contribution in [3.8, 4) is 11.3 Å². The van der Waals surface area contributed by atoms with Gasteiger partial charge in [0.15, 0.2) is 0 Å². The van der Waals surface area contributed by atoms with Crippen LogP contribution in [0.4, 0.5) is 0 Å². The molecular formula is C26H32ClN3O2. The highest BCUT2D eigenvalue weighted by molar-refractivity contribution is 6.31. The van der Waals surface area contributed by atoms with Gasteiger partial charge in [0.1, 0.15) is 5.02 Å². The fraction of sp³-hybridized carbons (Fsp3) is 0.500. The molecule has 0 amide bonds. The predicted molar refractivity (Wildman–Crippen MR) is 131 cm³/mol. The Morgan fingerprint density at radius 2 is 1.91 bits per heavy atom. The summed E-state index contributed by atoms with van der Waals surface area (Å²) in [5, 5.41) is 1.58. The van der Waals surface area contributed by atoms with Crippen LogP contribution in [0.1, 0.15) is 55.2 Å². The number of fused-ring (bicyclic) bond motifs is 1. The third kappa shape index (κ3) is 3.60. The number of pyridine rings is 1. The van der Waals surface area contributed by atoms with Crippen LogP contribution in [0.15, 0.2) is 29.2 Å². The summed E-state index contributed by atoms with van der Waals surface area (Å²) in [4.78, 5) is 18.5. The van der Waals surface area contributed by atoms with Gasteiger partial charge < -0.3 is 14.3 Å². The second kappa shape index (κ2) is 8.36. The molecule has 2 aromatic heterocycles. The van der Waals surface area contributed by atoms with Crippen LogP contribution in [0.2, 0.25) is 5.02 Å². The number of hydrogen-bond acceptors (Lipinski definition) is 3. The maximum atomic E-state index is 12.3. The molecular weight excluding hydrogens is 422 g/mol. The number of aromatic nitrogens is 2. The lowest BCUT2D eigenvalue weighted by atomic mass is 9.87. The summed E-state index contributed by atoms with van der Waals surface area (Å²) in [6.45, 7) is 10.5. The third-order valence-electron chi connectivity index (χ3n) is 7.41. The second-order valence-electron chi connectivity index (χ2n) is 9.77. The zero-order valence-electron chi connectivity index (χ0n) is 19.4. The van der Waals surface area contributed by atoms with Gasteiger partial charge in [-0.05, 0) is 73.5 Å². The van der Waals surface area contributed by atoms with E-state index in [0.29, 0.717) is 22.9 Å². The van der Waals surface area contributed by atoms with Crippen LogP contribution in [0, 0.1) is 6.92 Å². The van der Waals surface area contributed by atoms with Crippen LogP contribution in [-0.2, 0) is 11.8 Å². The molecule has 5 rings (SSSR count). The zero-order valence-corrected chi connectivity index (χ0v) is 20.1. The Balaban J connectivity index is 1.53. The number of aryl methyl sites for hydroxylation is 1. The summed E-state index contributed by atoms with van der Waals surface area (Å²) in [7, 11) is 1.76. The highest BCUT2D eigenvalue weighted by Gasteiger charge is 2.30. The molecule has 170 valence electrons. The molecule has 0 saturated carbocycles. The third-order valence-corrected chi connectivity index (χ3v) is 7.86. The van der Waals surface area contributed by atoms with Crippen molar-refractivity contribution in [2.24, 2.45) is 7.05 Å². The maximum absolute atomic E-state index is 12.3. The highest BCUT2D eigenvalue weighted by Crippen LogP contribution is 2.39. The summed E-state index contributed by atoms with van der Waals surface area (Å²) in [6.07, 6.45) is 4.30. The van der Waals surface area contributed by atoms with Gasteiger partial charge in [0.2, 0.25) is 0 Å². The molecule has 0 bridgehead atoms. The molecule has 32 heavy (non-hydrogen) atoms. The Kier molecular flexibility index (Phi) is 5.68. The number of benzene rings is 1. The lowest BCUT2D eigenvalue weighted by Gasteiger charge is -2.41. The summed E-state index contributed by atoms with van der Waals surface area (Å²) >= 11 is 6.38. The topological polar surface area (TPSA) is 50.3 Å². The minimum atomic E-state index is -0.155. The minimum absolute atomic E-state index is 0.155. The molecule has 1 aromatic carbocycles. The first-order valence-electron chi connectivity index (χ1n) is 11.7. The molecule has 2 saturated heterocycles. The molecule has 0 radical (unpaired) electrons. The zero-order chi connectivity index (χ0) is 22.6. The van der Waals surface area contributed by atoms with Crippen LogP contribution < -0.4 is 5.56 Å². The number of halogens is 1.